The zero-order chi connectivity index (χ0) is 16.8. The van der Waals surface area contributed by atoms with Gasteiger partial charge in [0, 0.05) is 12.1 Å². The summed E-state index contributed by atoms with van der Waals surface area (Å²) in [5, 5.41) is 10.2. The van der Waals surface area contributed by atoms with E-state index in [1.165, 1.54) is 0 Å². The standard InChI is InChI=1S/C15H17F2N3O2S/c1-4-5-10-6-9(7-11(21-2)12(10)22-3)8-18-15-20-19-14(23-15)13(16)17/h4,6-7,13H,1,5,8H2,2-3H3,(H,18,20). The van der Waals surface area contributed by atoms with E-state index in [-0.39, 0.29) is 5.01 Å². The fraction of sp³-hybridized carbons (Fsp3) is 0.333. The van der Waals surface area contributed by atoms with Crippen LogP contribution in [0.5, 0.6) is 11.5 Å². The summed E-state index contributed by atoms with van der Waals surface area (Å²) in [5.41, 5.74) is 1.84. The zero-order valence-corrected chi connectivity index (χ0v) is 13.6. The molecular weight excluding hydrogens is 324 g/mol. The Morgan fingerprint density at radius 1 is 1.30 bits per heavy atom. The number of hydrogen-bond acceptors (Lipinski definition) is 6. The summed E-state index contributed by atoms with van der Waals surface area (Å²) in [4.78, 5) is 0. The Morgan fingerprint density at radius 2 is 2.09 bits per heavy atom. The van der Waals surface area contributed by atoms with E-state index >= 15 is 0 Å². The molecule has 0 fully saturated rings. The summed E-state index contributed by atoms with van der Waals surface area (Å²) < 4.78 is 35.7. The van der Waals surface area contributed by atoms with Crippen LogP contribution < -0.4 is 14.8 Å². The summed E-state index contributed by atoms with van der Waals surface area (Å²) in [7, 11) is 3.14. The van der Waals surface area contributed by atoms with E-state index in [4.69, 9.17) is 9.47 Å². The van der Waals surface area contributed by atoms with Gasteiger partial charge < -0.3 is 14.8 Å². The minimum absolute atomic E-state index is 0.299. The lowest BCUT2D eigenvalue weighted by molar-refractivity contribution is 0.150. The average molecular weight is 341 g/mol. The molecular formula is C15H17F2N3O2S. The van der Waals surface area contributed by atoms with Crippen LogP contribution in [0.1, 0.15) is 22.6 Å². The van der Waals surface area contributed by atoms with Crippen LogP contribution in [0.3, 0.4) is 0 Å². The molecule has 5 nitrogen and oxygen atoms in total. The number of aromatic nitrogens is 2. The van der Waals surface area contributed by atoms with Gasteiger partial charge in [0.15, 0.2) is 16.5 Å². The van der Waals surface area contributed by atoms with Crippen molar-refractivity contribution in [3.05, 3.63) is 40.9 Å². The summed E-state index contributed by atoms with van der Waals surface area (Å²) in [6.07, 6.45) is -0.209. The summed E-state index contributed by atoms with van der Waals surface area (Å²) in [5.74, 6) is 1.27. The molecule has 0 bridgehead atoms. The summed E-state index contributed by atoms with van der Waals surface area (Å²) in [6, 6.07) is 3.78. The van der Waals surface area contributed by atoms with E-state index in [9.17, 15) is 8.78 Å². The summed E-state index contributed by atoms with van der Waals surface area (Å²) in [6.45, 7) is 4.13. The molecule has 2 rings (SSSR count). The van der Waals surface area contributed by atoms with E-state index in [1.54, 1.807) is 20.3 Å². The SMILES string of the molecule is C=CCc1cc(CNc2nnc(C(F)F)s2)cc(OC)c1OC. The molecule has 2 aromatic rings. The molecule has 124 valence electrons. The Labute approximate surface area is 137 Å². The highest BCUT2D eigenvalue weighted by Gasteiger charge is 2.15. The normalized spacial score (nSPS) is 10.7. The van der Waals surface area contributed by atoms with Gasteiger partial charge in [-0.05, 0) is 24.1 Å². The minimum atomic E-state index is -2.61. The second-order valence-corrected chi connectivity index (χ2v) is 5.59. The molecule has 0 aliphatic carbocycles. The number of methoxy groups -OCH3 is 2. The number of rotatable bonds is 8. The molecule has 0 amide bonds. The highest BCUT2D eigenvalue weighted by atomic mass is 32.1. The van der Waals surface area contributed by atoms with E-state index in [1.807, 2.05) is 12.1 Å². The van der Waals surface area contributed by atoms with Crippen LogP contribution in [0.4, 0.5) is 13.9 Å². The first-order valence-electron chi connectivity index (χ1n) is 6.79. The lowest BCUT2D eigenvalue weighted by Gasteiger charge is -2.14. The quantitative estimate of drug-likeness (QED) is 0.740. The van der Waals surface area contributed by atoms with E-state index in [2.05, 4.69) is 22.1 Å². The maximum absolute atomic E-state index is 12.5. The monoisotopic (exact) mass is 341 g/mol. The predicted octanol–water partition coefficient (Wildman–Crippen LogP) is 3.83. The van der Waals surface area contributed by atoms with Crippen molar-refractivity contribution in [2.24, 2.45) is 0 Å². The Morgan fingerprint density at radius 3 is 2.65 bits per heavy atom. The first-order valence-corrected chi connectivity index (χ1v) is 7.60. The molecule has 1 aromatic heterocycles. The molecule has 1 aromatic carbocycles. The number of benzene rings is 1. The van der Waals surface area contributed by atoms with E-state index in [0.29, 0.717) is 29.6 Å². The maximum Gasteiger partial charge on any atom is 0.291 e. The molecule has 1 N–H and O–H groups in total. The van der Waals surface area contributed by atoms with Gasteiger partial charge in [0.1, 0.15) is 0 Å². The van der Waals surface area contributed by atoms with Crippen LogP contribution in [-0.4, -0.2) is 24.4 Å². The molecule has 0 spiro atoms. The smallest absolute Gasteiger partial charge is 0.291 e. The predicted molar refractivity (Wildman–Crippen MR) is 85.6 cm³/mol. The molecule has 0 unspecified atom stereocenters. The van der Waals surface area contributed by atoms with Gasteiger partial charge in [0.2, 0.25) is 5.13 Å². The van der Waals surface area contributed by atoms with Crippen LogP contribution in [0.2, 0.25) is 0 Å². The molecule has 0 radical (unpaired) electrons. The molecule has 1 heterocycles. The minimum Gasteiger partial charge on any atom is -0.493 e. The van der Waals surface area contributed by atoms with Crippen LogP contribution in [0, 0.1) is 0 Å². The summed E-state index contributed by atoms with van der Waals surface area (Å²) >= 11 is 0.837. The van der Waals surface area contributed by atoms with Crippen LogP contribution in [0.15, 0.2) is 24.8 Å². The number of alkyl halides is 2. The maximum atomic E-state index is 12.5. The Hall–Kier alpha value is -2.22. The van der Waals surface area contributed by atoms with E-state index < -0.39 is 6.43 Å². The Kier molecular flexibility index (Phi) is 5.86. The van der Waals surface area contributed by atoms with Crippen molar-refractivity contribution in [2.45, 2.75) is 19.4 Å². The highest BCUT2D eigenvalue weighted by molar-refractivity contribution is 7.15. The third kappa shape index (κ3) is 4.16. The number of anilines is 1. The van der Waals surface area contributed by atoms with Crippen molar-refractivity contribution in [3.8, 4) is 11.5 Å². The first kappa shape index (κ1) is 17.1. The fourth-order valence-electron chi connectivity index (χ4n) is 2.09. The lowest BCUT2D eigenvalue weighted by atomic mass is 10.1. The van der Waals surface area contributed by atoms with Crippen molar-refractivity contribution in [3.63, 3.8) is 0 Å². The van der Waals surface area contributed by atoms with E-state index in [0.717, 1.165) is 22.5 Å². The second-order valence-electron chi connectivity index (χ2n) is 4.58. The first-order chi connectivity index (χ1) is 11.1. The topological polar surface area (TPSA) is 56.3 Å². The van der Waals surface area contributed by atoms with Gasteiger partial charge in [-0.25, -0.2) is 8.78 Å². The Balaban J connectivity index is 2.18. The molecule has 23 heavy (non-hydrogen) atoms. The van der Waals surface area contributed by atoms with Crippen molar-refractivity contribution in [2.75, 3.05) is 19.5 Å². The van der Waals surface area contributed by atoms with Crippen molar-refractivity contribution < 1.29 is 18.3 Å². The molecule has 0 saturated heterocycles. The lowest BCUT2D eigenvalue weighted by Crippen LogP contribution is -2.03. The van der Waals surface area contributed by atoms with Gasteiger partial charge in [-0.2, -0.15) is 0 Å². The van der Waals surface area contributed by atoms with Gasteiger partial charge in [0.25, 0.3) is 6.43 Å². The number of hydrogen-bond donors (Lipinski definition) is 1. The number of allylic oxidation sites excluding steroid dienone is 1. The molecule has 0 aliphatic rings. The number of halogens is 2. The van der Waals surface area contributed by atoms with Gasteiger partial charge in [-0.15, -0.1) is 16.8 Å². The molecule has 0 atom stereocenters. The zero-order valence-electron chi connectivity index (χ0n) is 12.8. The number of nitrogens with one attached hydrogen (secondary N) is 1. The van der Waals surface area contributed by atoms with Crippen molar-refractivity contribution >= 4 is 16.5 Å². The molecule has 8 heteroatoms. The largest absolute Gasteiger partial charge is 0.493 e. The number of nitrogens with zero attached hydrogens (tertiary/aromatic N) is 2. The van der Waals surface area contributed by atoms with Crippen molar-refractivity contribution in [1.82, 2.24) is 10.2 Å². The van der Waals surface area contributed by atoms with Gasteiger partial charge >= 0.3 is 0 Å². The average Bonchev–Trinajstić information content (AvgIpc) is 3.02. The third-order valence-electron chi connectivity index (χ3n) is 3.05. The molecule has 0 saturated carbocycles. The van der Waals surface area contributed by atoms with Crippen molar-refractivity contribution in [1.29, 1.82) is 0 Å². The van der Waals surface area contributed by atoms with Gasteiger partial charge in [-0.1, -0.05) is 17.4 Å². The molecule has 0 aliphatic heterocycles. The highest BCUT2D eigenvalue weighted by Crippen LogP contribution is 2.33. The van der Waals surface area contributed by atoms with Crippen LogP contribution in [-0.2, 0) is 13.0 Å². The van der Waals surface area contributed by atoms with Gasteiger partial charge in [-0.3, -0.25) is 0 Å². The third-order valence-corrected chi connectivity index (χ3v) is 3.94. The van der Waals surface area contributed by atoms with Gasteiger partial charge in [0.05, 0.1) is 14.2 Å². The Bertz CT molecular complexity index is 677. The van der Waals surface area contributed by atoms with Crippen LogP contribution in [0.25, 0.3) is 0 Å². The number of ether oxygens (including phenoxy) is 2. The fourth-order valence-corrected chi connectivity index (χ4v) is 2.68. The van der Waals surface area contributed by atoms with Crippen LogP contribution >= 0.6 is 11.3 Å². The second kappa shape index (κ2) is 7.87.